The van der Waals surface area contributed by atoms with Crippen LogP contribution in [0, 0.1) is 6.92 Å². The van der Waals surface area contributed by atoms with Gasteiger partial charge in [-0.15, -0.1) is 0 Å². The van der Waals surface area contributed by atoms with Crippen molar-refractivity contribution >= 4 is 28.6 Å². The van der Waals surface area contributed by atoms with Crippen molar-refractivity contribution in [1.29, 1.82) is 0 Å². The van der Waals surface area contributed by atoms with E-state index in [9.17, 15) is 9.59 Å². The third-order valence-electron chi connectivity index (χ3n) is 3.57. The Bertz CT molecular complexity index is 855. The van der Waals surface area contributed by atoms with E-state index in [4.69, 9.17) is 9.47 Å². The predicted molar refractivity (Wildman–Crippen MR) is 96.5 cm³/mol. The highest BCUT2D eigenvalue weighted by molar-refractivity contribution is 6.02. The molecule has 2 aromatic rings. The minimum absolute atomic E-state index is 0.292. The van der Waals surface area contributed by atoms with Gasteiger partial charge < -0.3 is 19.1 Å². The number of carbonyl (C=O) groups is 2. The molecule has 6 nitrogen and oxygen atoms in total. The average Bonchev–Trinajstić information content (AvgIpc) is 2.55. The molecule has 2 rings (SSSR count). The van der Waals surface area contributed by atoms with E-state index in [1.165, 1.54) is 7.11 Å². The Morgan fingerprint density at radius 3 is 2.32 bits per heavy atom. The van der Waals surface area contributed by atoms with E-state index in [1.54, 1.807) is 32.0 Å². The highest BCUT2D eigenvalue weighted by Gasteiger charge is 2.20. The number of fused-ring (bicyclic) bond motifs is 1. The van der Waals surface area contributed by atoms with Crippen LogP contribution in [0.5, 0.6) is 11.5 Å². The monoisotopic (exact) mass is 343 g/mol. The number of esters is 1. The fourth-order valence-electron chi connectivity index (χ4n) is 2.30. The molecular weight excluding hydrogens is 322 g/mol. The first-order valence-corrected chi connectivity index (χ1v) is 7.62. The van der Waals surface area contributed by atoms with Gasteiger partial charge in [0.1, 0.15) is 5.75 Å². The highest BCUT2D eigenvalue weighted by Crippen LogP contribution is 2.42. The van der Waals surface area contributed by atoms with Gasteiger partial charge >= 0.3 is 12.1 Å². The number of hydrogen-bond acceptors (Lipinski definition) is 6. The number of rotatable bonds is 4. The van der Waals surface area contributed by atoms with Crippen LogP contribution in [-0.2, 0) is 9.53 Å². The van der Waals surface area contributed by atoms with Gasteiger partial charge in [-0.3, -0.25) is 0 Å². The molecule has 0 saturated heterocycles. The number of methoxy groups -OCH3 is 1. The quantitative estimate of drug-likeness (QED) is 0.364. The molecule has 0 aliphatic carbocycles. The van der Waals surface area contributed by atoms with Crippen molar-refractivity contribution in [2.24, 2.45) is 0 Å². The Labute approximate surface area is 146 Å². The SMILES string of the molecule is C=C(C)C(=O)Oc1c(N(C)C)cc(OC(=O)OC)c2cc(C)ccc12. The van der Waals surface area contributed by atoms with Gasteiger partial charge in [0.25, 0.3) is 0 Å². The molecule has 0 atom stereocenters. The number of ether oxygens (including phenoxy) is 3. The van der Waals surface area contributed by atoms with Crippen molar-refractivity contribution in [3.8, 4) is 11.5 Å². The molecule has 0 N–H and O–H groups in total. The summed E-state index contributed by atoms with van der Waals surface area (Å²) in [5, 5.41) is 1.28. The molecule has 2 aromatic carbocycles. The summed E-state index contributed by atoms with van der Waals surface area (Å²) in [5.41, 5.74) is 1.85. The summed E-state index contributed by atoms with van der Waals surface area (Å²) >= 11 is 0. The molecule has 0 aromatic heterocycles. The zero-order valence-corrected chi connectivity index (χ0v) is 15.0. The fraction of sp³-hybridized carbons (Fsp3) is 0.263. The molecule has 0 unspecified atom stereocenters. The van der Waals surface area contributed by atoms with E-state index < -0.39 is 12.1 Å². The molecule has 0 aliphatic rings. The lowest BCUT2D eigenvalue weighted by Crippen LogP contribution is -2.16. The standard InChI is InChI=1S/C19H21NO5/c1-11(2)18(21)25-17-13-8-7-12(3)9-14(13)16(24-19(22)23-6)10-15(17)20(4)5/h7-10H,1H2,2-6H3. The van der Waals surface area contributed by atoms with Crippen molar-refractivity contribution in [3.63, 3.8) is 0 Å². The Kier molecular flexibility index (Phi) is 5.32. The number of aryl methyl sites for hydroxylation is 1. The largest absolute Gasteiger partial charge is 0.513 e. The van der Waals surface area contributed by atoms with Gasteiger partial charge in [-0.05, 0) is 19.9 Å². The molecule has 0 bridgehead atoms. The minimum atomic E-state index is -0.820. The van der Waals surface area contributed by atoms with E-state index in [0.717, 1.165) is 5.56 Å². The number of carbonyl (C=O) groups excluding carboxylic acids is 2. The fourth-order valence-corrected chi connectivity index (χ4v) is 2.30. The van der Waals surface area contributed by atoms with E-state index in [1.807, 2.05) is 25.1 Å². The van der Waals surface area contributed by atoms with Crippen molar-refractivity contribution < 1.29 is 23.8 Å². The second-order valence-corrected chi connectivity index (χ2v) is 5.89. The summed E-state index contributed by atoms with van der Waals surface area (Å²) in [6.07, 6.45) is -0.820. The first-order chi connectivity index (χ1) is 11.7. The topological polar surface area (TPSA) is 65.1 Å². The van der Waals surface area contributed by atoms with E-state index >= 15 is 0 Å². The van der Waals surface area contributed by atoms with Gasteiger partial charge in [-0.1, -0.05) is 24.3 Å². The molecule has 0 fully saturated rings. The summed E-state index contributed by atoms with van der Waals surface area (Å²) in [6, 6.07) is 7.20. The van der Waals surface area contributed by atoms with Crippen LogP contribution >= 0.6 is 0 Å². The summed E-state index contributed by atoms with van der Waals surface area (Å²) < 4.78 is 15.4. The lowest BCUT2D eigenvalue weighted by atomic mass is 10.0. The summed E-state index contributed by atoms with van der Waals surface area (Å²) in [6.45, 7) is 7.11. The van der Waals surface area contributed by atoms with Crippen molar-refractivity contribution in [2.45, 2.75) is 13.8 Å². The molecule has 0 aliphatic heterocycles. The average molecular weight is 343 g/mol. The Balaban J connectivity index is 2.75. The number of anilines is 1. The summed E-state index contributed by atoms with van der Waals surface area (Å²) in [7, 11) is 4.84. The second-order valence-electron chi connectivity index (χ2n) is 5.89. The van der Waals surface area contributed by atoms with E-state index in [2.05, 4.69) is 11.3 Å². The van der Waals surface area contributed by atoms with Gasteiger partial charge in [-0.25, -0.2) is 9.59 Å². The van der Waals surface area contributed by atoms with Gasteiger partial charge in [0.2, 0.25) is 0 Å². The normalized spacial score (nSPS) is 10.3. The summed E-state index contributed by atoms with van der Waals surface area (Å²) in [4.78, 5) is 25.4. The molecular formula is C19H21NO5. The van der Waals surface area contributed by atoms with Crippen molar-refractivity contribution in [2.75, 3.05) is 26.1 Å². The second kappa shape index (κ2) is 7.25. The lowest BCUT2D eigenvalue weighted by molar-refractivity contribution is -0.129. The third kappa shape index (κ3) is 3.91. The maximum atomic E-state index is 12.1. The smallest absolute Gasteiger partial charge is 0.437 e. The van der Waals surface area contributed by atoms with Crippen LogP contribution in [0.2, 0.25) is 0 Å². The van der Waals surface area contributed by atoms with Gasteiger partial charge in [0.15, 0.2) is 5.75 Å². The molecule has 6 heteroatoms. The first-order valence-electron chi connectivity index (χ1n) is 7.62. The Morgan fingerprint density at radius 1 is 1.08 bits per heavy atom. The van der Waals surface area contributed by atoms with E-state index in [0.29, 0.717) is 33.5 Å². The molecule has 0 saturated carbocycles. The molecule has 132 valence electrons. The van der Waals surface area contributed by atoms with Crippen LogP contribution in [0.15, 0.2) is 36.4 Å². The summed E-state index contributed by atoms with van der Waals surface area (Å²) in [5.74, 6) is 0.182. The Morgan fingerprint density at radius 2 is 1.76 bits per heavy atom. The van der Waals surface area contributed by atoms with Gasteiger partial charge in [0, 0.05) is 36.5 Å². The van der Waals surface area contributed by atoms with Crippen LogP contribution in [-0.4, -0.2) is 33.3 Å². The molecule has 0 heterocycles. The lowest BCUT2D eigenvalue weighted by Gasteiger charge is -2.21. The van der Waals surface area contributed by atoms with Crippen LogP contribution in [0.3, 0.4) is 0 Å². The maximum absolute atomic E-state index is 12.1. The Hall–Kier alpha value is -3.02. The van der Waals surface area contributed by atoms with Crippen LogP contribution in [0.25, 0.3) is 10.8 Å². The maximum Gasteiger partial charge on any atom is 0.513 e. The minimum Gasteiger partial charge on any atom is -0.437 e. The number of benzene rings is 2. The molecule has 0 spiro atoms. The van der Waals surface area contributed by atoms with Crippen LogP contribution < -0.4 is 14.4 Å². The van der Waals surface area contributed by atoms with Crippen LogP contribution in [0.1, 0.15) is 12.5 Å². The molecule has 0 amide bonds. The third-order valence-corrected chi connectivity index (χ3v) is 3.57. The molecule has 25 heavy (non-hydrogen) atoms. The predicted octanol–water partition coefficient (Wildman–Crippen LogP) is 3.84. The van der Waals surface area contributed by atoms with Gasteiger partial charge in [0.05, 0.1) is 12.8 Å². The first kappa shape index (κ1) is 18.3. The molecule has 0 radical (unpaired) electrons. The zero-order valence-electron chi connectivity index (χ0n) is 15.0. The number of nitrogens with zero attached hydrogens (tertiary/aromatic N) is 1. The van der Waals surface area contributed by atoms with Crippen LogP contribution in [0.4, 0.5) is 10.5 Å². The van der Waals surface area contributed by atoms with Crippen molar-refractivity contribution in [1.82, 2.24) is 0 Å². The van der Waals surface area contributed by atoms with Gasteiger partial charge in [-0.2, -0.15) is 0 Å². The zero-order chi connectivity index (χ0) is 18.7. The highest BCUT2D eigenvalue weighted by atomic mass is 16.7. The number of hydrogen-bond donors (Lipinski definition) is 0. The van der Waals surface area contributed by atoms with E-state index in [-0.39, 0.29) is 0 Å². The van der Waals surface area contributed by atoms with Crippen molar-refractivity contribution in [3.05, 3.63) is 42.0 Å².